The van der Waals surface area contributed by atoms with E-state index in [1.54, 1.807) is 0 Å². The van der Waals surface area contributed by atoms with Crippen LogP contribution in [0.1, 0.15) is 44.3 Å². The molecule has 1 unspecified atom stereocenters. The fourth-order valence-electron chi connectivity index (χ4n) is 3.92. The van der Waals surface area contributed by atoms with Gasteiger partial charge in [0, 0.05) is 17.3 Å². The number of carboxylic acid groups (broad SMARTS) is 1. The maximum absolute atomic E-state index is 13.8. The number of pyridine rings is 1. The normalized spacial score (nSPS) is 33.5. The molecule has 1 atom stereocenters. The number of aliphatic hydroxyl groups excluding tert-OH is 1. The van der Waals surface area contributed by atoms with Crippen LogP contribution in [-0.2, 0) is 0 Å². The third-order valence-electron chi connectivity index (χ3n) is 4.98. The van der Waals surface area contributed by atoms with Crippen molar-refractivity contribution in [1.82, 2.24) is 9.88 Å². The van der Waals surface area contributed by atoms with E-state index in [9.17, 15) is 19.4 Å². The fourth-order valence-corrected chi connectivity index (χ4v) is 3.92. The largest absolute Gasteiger partial charge is 0.465 e. The van der Waals surface area contributed by atoms with Crippen LogP contribution in [-0.4, -0.2) is 37.3 Å². The maximum atomic E-state index is 13.8. The Morgan fingerprint density at radius 1 is 1.45 bits per heavy atom. The molecule has 0 saturated carbocycles. The van der Waals surface area contributed by atoms with E-state index in [1.165, 1.54) is 17.2 Å². The topological polar surface area (TPSA) is 73.7 Å². The van der Waals surface area contributed by atoms with Crippen molar-refractivity contribution < 1.29 is 19.4 Å². The quantitative estimate of drug-likeness (QED) is 0.872. The van der Waals surface area contributed by atoms with Crippen LogP contribution in [0, 0.1) is 5.82 Å². The highest BCUT2D eigenvalue weighted by atomic mass is 19.1. The first kappa shape index (κ1) is 13.3. The van der Waals surface area contributed by atoms with E-state index in [4.69, 9.17) is 0 Å². The minimum Gasteiger partial charge on any atom is -0.465 e. The molecule has 2 fully saturated rings. The Bertz CT molecular complexity index is 555. The van der Waals surface area contributed by atoms with Crippen LogP contribution in [0.2, 0.25) is 0 Å². The molecule has 1 aromatic heterocycles. The SMILES string of the molecule is CC12CCC(C(O)c3ccncc3F)(CC1)N2C(=O)O. The zero-order valence-corrected chi connectivity index (χ0v) is 11.2. The van der Waals surface area contributed by atoms with Gasteiger partial charge in [-0.2, -0.15) is 0 Å². The number of hydrogen-bond acceptors (Lipinski definition) is 3. The number of rotatable bonds is 2. The number of halogens is 1. The average molecular weight is 280 g/mol. The summed E-state index contributed by atoms with van der Waals surface area (Å²) in [4.78, 5) is 16.6. The Hall–Kier alpha value is -1.69. The fraction of sp³-hybridized carbons (Fsp3) is 0.571. The van der Waals surface area contributed by atoms with Crippen molar-refractivity contribution in [2.24, 2.45) is 0 Å². The number of nitrogens with zero attached hydrogens (tertiary/aromatic N) is 2. The lowest BCUT2D eigenvalue weighted by Gasteiger charge is -2.39. The lowest BCUT2D eigenvalue weighted by atomic mass is 9.78. The lowest BCUT2D eigenvalue weighted by Crippen LogP contribution is -2.52. The second kappa shape index (κ2) is 4.15. The molecule has 1 aromatic rings. The molecule has 2 aliphatic heterocycles. The van der Waals surface area contributed by atoms with Crippen LogP contribution in [0.15, 0.2) is 18.5 Å². The molecule has 2 N–H and O–H groups in total. The van der Waals surface area contributed by atoms with Crippen LogP contribution in [0.5, 0.6) is 0 Å². The smallest absolute Gasteiger partial charge is 0.408 e. The number of fused-ring (bicyclic) bond motifs is 2. The van der Waals surface area contributed by atoms with Crippen molar-refractivity contribution in [1.29, 1.82) is 0 Å². The van der Waals surface area contributed by atoms with Gasteiger partial charge in [0.2, 0.25) is 0 Å². The minimum absolute atomic E-state index is 0.123. The van der Waals surface area contributed by atoms with Gasteiger partial charge in [0.25, 0.3) is 0 Å². The summed E-state index contributed by atoms with van der Waals surface area (Å²) < 4.78 is 13.8. The van der Waals surface area contributed by atoms with Gasteiger partial charge in [-0.15, -0.1) is 0 Å². The first-order valence-electron chi connectivity index (χ1n) is 6.71. The molecule has 1 amide bonds. The van der Waals surface area contributed by atoms with Gasteiger partial charge in [0.05, 0.1) is 11.7 Å². The summed E-state index contributed by atoms with van der Waals surface area (Å²) in [5, 5.41) is 20.1. The Morgan fingerprint density at radius 2 is 2.10 bits per heavy atom. The average Bonchev–Trinajstić information content (AvgIpc) is 2.88. The van der Waals surface area contributed by atoms with E-state index in [0.29, 0.717) is 25.7 Å². The van der Waals surface area contributed by atoms with E-state index in [1.807, 2.05) is 6.92 Å². The first-order chi connectivity index (χ1) is 9.41. The minimum atomic E-state index is -1.16. The number of amides is 1. The Labute approximate surface area is 116 Å². The number of hydrogen-bond donors (Lipinski definition) is 2. The molecule has 20 heavy (non-hydrogen) atoms. The first-order valence-corrected chi connectivity index (χ1v) is 6.71. The summed E-state index contributed by atoms with van der Waals surface area (Å²) in [6.45, 7) is 1.89. The van der Waals surface area contributed by atoms with Gasteiger partial charge in [-0.1, -0.05) is 0 Å². The second-order valence-corrected chi connectivity index (χ2v) is 6.02. The number of carbonyl (C=O) groups is 1. The second-order valence-electron chi connectivity index (χ2n) is 6.02. The molecular weight excluding hydrogens is 263 g/mol. The molecule has 5 nitrogen and oxygen atoms in total. The van der Waals surface area contributed by atoms with Crippen molar-refractivity contribution in [2.45, 2.75) is 49.8 Å². The molecule has 3 rings (SSSR count). The van der Waals surface area contributed by atoms with E-state index < -0.39 is 29.1 Å². The van der Waals surface area contributed by atoms with Crippen LogP contribution in [0.25, 0.3) is 0 Å². The van der Waals surface area contributed by atoms with Crippen molar-refractivity contribution in [3.63, 3.8) is 0 Å². The number of aromatic nitrogens is 1. The summed E-state index contributed by atoms with van der Waals surface area (Å²) in [5.74, 6) is -0.597. The van der Waals surface area contributed by atoms with Crippen molar-refractivity contribution >= 4 is 6.09 Å². The molecule has 0 radical (unpaired) electrons. The predicted molar refractivity (Wildman–Crippen MR) is 68.6 cm³/mol. The highest BCUT2D eigenvalue weighted by molar-refractivity contribution is 5.69. The summed E-state index contributed by atoms with van der Waals surface area (Å²) in [6.07, 6.45) is 2.75. The molecule has 0 aromatic carbocycles. The molecule has 2 saturated heterocycles. The van der Waals surface area contributed by atoms with E-state index in [0.717, 1.165) is 6.20 Å². The van der Waals surface area contributed by atoms with Crippen molar-refractivity contribution in [2.75, 3.05) is 0 Å². The lowest BCUT2D eigenvalue weighted by molar-refractivity contribution is -0.00348. The van der Waals surface area contributed by atoms with Crippen LogP contribution >= 0.6 is 0 Å². The molecule has 0 spiro atoms. The highest BCUT2D eigenvalue weighted by Crippen LogP contribution is 2.58. The van der Waals surface area contributed by atoms with Gasteiger partial charge < -0.3 is 10.2 Å². The van der Waals surface area contributed by atoms with Crippen molar-refractivity contribution in [3.8, 4) is 0 Å². The van der Waals surface area contributed by atoms with Crippen molar-refractivity contribution in [3.05, 3.63) is 29.8 Å². The molecular formula is C14H17FN2O3. The Balaban J connectivity index is 2.05. The van der Waals surface area contributed by atoms with Gasteiger partial charge >= 0.3 is 6.09 Å². The molecule has 2 bridgehead atoms. The number of aliphatic hydroxyl groups is 1. The van der Waals surface area contributed by atoms with E-state index in [-0.39, 0.29) is 5.56 Å². The van der Waals surface area contributed by atoms with Crippen LogP contribution < -0.4 is 0 Å². The zero-order valence-electron chi connectivity index (χ0n) is 11.2. The van der Waals surface area contributed by atoms with E-state index >= 15 is 0 Å². The highest BCUT2D eigenvalue weighted by Gasteiger charge is 2.63. The summed E-state index contributed by atoms with van der Waals surface area (Å²) in [6, 6.07) is 1.42. The third-order valence-corrected chi connectivity index (χ3v) is 4.98. The van der Waals surface area contributed by atoms with Gasteiger partial charge in [0.1, 0.15) is 11.9 Å². The van der Waals surface area contributed by atoms with Gasteiger partial charge in [-0.05, 0) is 38.7 Å². The summed E-state index contributed by atoms with van der Waals surface area (Å²) in [7, 11) is 0. The van der Waals surface area contributed by atoms with E-state index in [2.05, 4.69) is 4.98 Å². The molecule has 6 heteroatoms. The maximum Gasteiger partial charge on any atom is 0.408 e. The summed E-state index contributed by atoms with van der Waals surface area (Å²) in [5.41, 5.74) is -1.24. The van der Waals surface area contributed by atoms with Gasteiger partial charge in [-0.25, -0.2) is 9.18 Å². The third kappa shape index (κ3) is 1.57. The predicted octanol–water partition coefficient (Wildman–Crippen LogP) is 2.32. The molecule has 108 valence electrons. The molecule has 3 heterocycles. The molecule has 2 aliphatic rings. The Morgan fingerprint density at radius 3 is 2.65 bits per heavy atom. The molecule has 0 aliphatic carbocycles. The monoisotopic (exact) mass is 280 g/mol. The van der Waals surface area contributed by atoms with Gasteiger partial charge in [0.15, 0.2) is 0 Å². The Kier molecular flexibility index (Phi) is 2.76. The van der Waals surface area contributed by atoms with Crippen LogP contribution in [0.4, 0.5) is 9.18 Å². The summed E-state index contributed by atoms with van der Waals surface area (Å²) >= 11 is 0. The van der Waals surface area contributed by atoms with Gasteiger partial charge in [-0.3, -0.25) is 9.88 Å². The standard InChI is InChI=1S/C14H17FN2O3/c1-13-3-5-14(6-4-13,17(13)12(19)20)11(18)9-2-7-16-8-10(9)15/h2,7-8,11,18H,3-6H2,1H3,(H,19,20). The zero-order chi connectivity index (χ0) is 14.5. The van der Waals surface area contributed by atoms with Crippen LogP contribution in [0.3, 0.4) is 0 Å².